The third kappa shape index (κ3) is 2.58. The Bertz CT molecular complexity index is 783. The average molecular weight is 278 g/mol. The molecule has 0 aliphatic carbocycles. The molecule has 0 saturated heterocycles. The molecule has 8 heteroatoms. The van der Waals surface area contributed by atoms with Gasteiger partial charge in [0.25, 0.3) is 5.69 Å². The van der Waals surface area contributed by atoms with Gasteiger partial charge < -0.3 is 9.52 Å². The highest BCUT2D eigenvalue weighted by molar-refractivity contribution is 5.80. The van der Waals surface area contributed by atoms with E-state index < -0.39 is 16.6 Å². The van der Waals surface area contributed by atoms with E-state index in [0.717, 1.165) is 10.6 Å². The second-order valence-corrected chi connectivity index (χ2v) is 4.19. The summed E-state index contributed by atoms with van der Waals surface area (Å²) >= 11 is 0. The maximum Gasteiger partial charge on any atom is 0.420 e. The fraction of sp³-hybridized carbons (Fsp3) is 0.167. The summed E-state index contributed by atoms with van der Waals surface area (Å²) in [5.41, 5.74) is 0.701. The van der Waals surface area contributed by atoms with Gasteiger partial charge in [0.2, 0.25) is 0 Å². The first-order valence-corrected chi connectivity index (χ1v) is 5.56. The van der Waals surface area contributed by atoms with E-state index in [1.54, 1.807) is 0 Å². The summed E-state index contributed by atoms with van der Waals surface area (Å²) in [6.45, 7) is 1.52. The Balaban J connectivity index is 2.54. The number of aromatic nitrogens is 1. The smallest absolute Gasteiger partial charge is 0.420 e. The Morgan fingerprint density at radius 2 is 2.25 bits per heavy atom. The summed E-state index contributed by atoms with van der Waals surface area (Å²) in [6, 6.07) is 3.78. The number of nitrogens with zero attached hydrogens (tertiary/aromatic N) is 2. The molecule has 0 saturated carbocycles. The van der Waals surface area contributed by atoms with E-state index in [2.05, 4.69) is 0 Å². The highest BCUT2D eigenvalue weighted by atomic mass is 16.6. The van der Waals surface area contributed by atoms with Crippen molar-refractivity contribution in [3.63, 3.8) is 0 Å². The van der Waals surface area contributed by atoms with E-state index in [9.17, 15) is 19.7 Å². The standard InChI is InChI=1S/C12H10N2O6/c1-7(4-11(15)16)6-13-9-5-8(14(18)19)2-3-10(9)20-12(13)17/h2-5H,6H2,1H3,(H,15,16). The van der Waals surface area contributed by atoms with Crippen molar-refractivity contribution in [1.29, 1.82) is 0 Å². The zero-order valence-electron chi connectivity index (χ0n) is 10.4. The van der Waals surface area contributed by atoms with E-state index in [1.807, 2.05) is 0 Å². The van der Waals surface area contributed by atoms with Crippen LogP contribution < -0.4 is 5.76 Å². The predicted octanol–water partition coefficient (Wildman–Crippen LogP) is 1.53. The number of carbonyl (C=O) groups is 1. The second-order valence-electron chi connectivity index (χ2n) is 4.19. The van der Waals surface area contributed by atoms with Crippen LogP contribution in [0.15, 0.2) is 39.1 Å². The SMILES string of the molecule is CC(=CC(=O)O)Cn1c(=O)oc2ccc([N+](=O)[O-])cc21. The first-order chi connectivity index (χ1) is 9.38. The van der Waals surface area contributed by atoms with Gasteiger partial charge in [0.05, 0.1) is 17.0 Å². The van der Waals surface area contributed by atoms with Gasteiger partial charge in [0.1, 0.15) is 0 Å². The van der Waals surface area contributed by atoms with Gasteiger partial charge in [-0.1, -0.05) is 0 Å². The van der Waals surface area contributed by atoms with Gasteiger partial charge >= 0.3 is 11.7 Å². The summed E-state index contributed by atoms with van der Waals surface area (Å²) in [7, 11) is 0. The van der Waals surface area contributed by atoms with Crippen molar-refractivity contribution in [2.24, 2.45) is 0 Å². The Morgan fingerprint density at radius 1 is 1.55 bits per heavy atom. The van der Waals surface area contributed by atoms with Gasteiger partial charge in [-0.15, -0.1) is 0 Å². The third-order valence-electron chi connectivity index (χ3n) is 2.64. The zero-order valence-corrected chi connectivity index (χ0v) is 10.4. The van der Waals surface area contributed by atoms with Crippen molar-refractivity contribution in [3.8, 4) is 0 Å². The molecule has 1 N–H and O–H groups in total. The number of nitro groups is 1. The van der Waals surface area contributed by atoms with Gasteiger partial charge in [-0.3, -0.25) is 14.7 Å². The molecule has 1 aromatic heterocycles. The summed E-state index contributed by atoms with van der Waals surface area (Å²) in [5.74, 6) is -1.83. The van der Waals surface area contributed by atoms with Crippen LogP contribution in [0, 0.1) is 10.1 Å². The monoisotopic (exact) mass is 278 g/mol. The topological polar surface area (TPSA) is 116 Å². The van der Waals surface area contributed by atoms with Crippen molar-refractivity contribution < 1.29 is 19.2 Å². The molecule has 0 aliphatic rings. The van der Waals surface area contributed by atoms with E-state index >= 15 is 0 Å². The molecule has 0 atom stereocenters. The fourth-order valence-corrected chi connectivity index (χ4v) is 1.82. The van der Waals surface area contributed by atoms with E-state index in [0.29, 0.717) is 5.57 Å². The highest BCUT2D eigenvalue weighted by Crippen LogP contribution is 2.20. The van der Waals surface area contributed by atoms with Crippen molar-refractivity contribution in [2.45, 2.75) is 13.5 Å². The summed E-state index contributed by atoms with van der Waals surface area (Å²) in [5, 5.41) is 19.4. The number of aliphatic carboxylic acids is 1. The van der Waals surface area contributed by atoms with Crippen LogP contribution in [0.5, 0.6) is 0 Å². The van der Waals surface area contributed by atoms with E-state index in [4.69, 9.17) is 9.52 Å². The van der Waals surface area contributed by atoms with Crippen LogP contribution in [-0.2, 0) is 11.3 Å². The van der Waals surface area contributed by atoms with Crippen molar-refractivity contribution in [2.75, 3.05) is 0 Å². The molecule has 0 aliphatic heterocycles. The molecule has 20 heavy (non-hydrogen) atoms. The summed E-state index contributed by atoms with van der Waals surface area (Å²) in [6.07, 6.45) is 0.961. The Hall–Kier alpha value is -2.90. The molecule has 8 nitrogen and oxygen atoms in total. The lowest BCUT2D eigenvalue weighted by Gasteiger charge is -2.01. The largest absolute Gasteiger partial charge is 0.478 e. The number of oxazole rings is 1. The second kappa shape index (κ2) is 5.00. The van der Waals surface area contributed by atoms with Crippen LogP contribution in [0.1, 0.15) is 6.92 Å². The third-order valence-corrected chi connectivity index (χ3v) is 2.64. The van der Waals surface area contributed by atoms with Gasteiger partial charge in [-0.05, 0) is 18.6 Å². The number of rotatable bonds is 4. The van der Waals surface area contributed by atoms with Crippen molar-refractivity contribution in [3.05, 3.63) is 50.5 Å². The minimum Gasteiger partial charge on any atom is -0.478 e. The molecule has 0 fully saturated rings. The molecule has 104 valence electrons. The summed E-state index contributed by atoms with van der Waals surface area (Å²) in [4.78, 5) is 32.4. The number of carboxylic acid groups (broad SMARTS) is 1. The Morgan fingerprint density at radius 3 is 2.85 bits per heavy atom. The van der Waals surface area contributed by atoms with Crippen LogP contribution in [0.25, 0.3) is 11.1 Å². The lowest BCUT2D eigenvalue weighted by Crippen LogP contribution is -2.15. The van der Waals surface area contributed by atoms with Crippen LogP contribution in [-0.4, -0.2) is 20.6 Å². The maximum absolute atomic E-state index is 11.7. The molecule has 1 aromatic carbocycles. The molecule has 0 radical (unpaired) electrons. The minimum atomic E-state index is -1.13. The normalized spacial score (nSPS) is 11.8. The Kier molecular flexibility index (Phi) is 3.38. The minimum absolute atomic E-state index is 0.0146. The predicted molar refractivity (Wildman–Crippen MR) is 68.5 cm³/mol. The first-order valence-electron chi connectivity index (χ1n) is 5.56. The van der Waals surface area contributed by atoms with Gasteiger partial charge in [-0.25, -0.2) is 9.59 Å². The molecule has 2 aromatic rings. The molecule has 0 spiro atoms. The lowest BCUT2D eigenvalue weighted by molar-refractivity contribution is -0.384. The molecular weight excluding hydrogens is 268 g/mol. The highest BCUT2D eigenvalue weighted by Gasteiger charge is 2.14. The molecule has 0 unspecified atom stereocenters. The molecule has 0 bridgehead atoms. The average Bonchev–Trinajstić information content (AvgIpc) is 2.64. The first kappa shape index (κ1) is 13.5. The van der Waals surface area contributed by atoms with Crippen LogP contribution in [0.4, 0.5) is 5.69 Å². The number of hydrogen-bond acceptors (Lipinski definition) is 5. The number of carboxylic acids is 1. The molecule has 1 heterocycles. The number of benzene rings is 1. The van der Waals surface area contributed by atoms with Crippen molar-refractivity contribution in [1.82, 2.24) is 4.57 Å². The number of fused-ring (bicyclic) bond motifs is 1. The summed E-state index contributed by atoms with van der Waals surface area (Å²) < 4.78 is 6.10. The maximum atomic E-state index is 11.7. The van der Waals surface area contributed by atoms with E-state index in [-0.39, 0.29) is 23.3 Å². The number of hydrogen-bond donors (Lipinski definition) is 1. The van der Waals surface area contributed by atoms with Gasteiger partial charge in [0.15, 0.2) is 5.58 Å². The van der Waals surface area contributed by atoms with Crippen LogP contribution in [0.3, 0.4) is 0 Å². The molecule has 0 amide bonds. The van der Waals surface area contributed by atoms with E-state index in [1.165, 1.54) is 25.1 Å². The molecule has 2 rings (SSSR count). The fourth-order valence-electron chi connectivity index (χ4n) is 1.82. The van der Waals surface area contributed by atoms with Gasteiger partial charge in [-0.2, -0.15) is 0 Å². The number of nitro benzene ring substituents is 1. The number of non-ortho nitro benzene ring substituents is 1. The Labute approximate surface area is 111 Å². The van der Waals surface area contributed by atoms with Gasteiger partial charge in [0, 0.05) is 18.2 Å². The zero-order chi connectivity index (χ0) is 14.9. The van der Waals surface area contributed by atoms with Crippen LogP contribution in [0.2, 0.25) is 0 Å². The molecular formula is C12H10N2O6. The van der Waals surface area contributed by atoms with Crippen LogP contribution >= 0.6 is 0 Å². The lowest BCUT2D eigenvalue weighted by atomic mass is 10.2. The number of allylic oxidation sites excluding steroid dienone is 1. The van der Waals surface area contributed by atoms with Crippen molar-refractivity contribution >= 4 is 22.8 Å². The quantitative estimate of drug-likeness (QED) is 0.515.